The number of amides is 2. The van der Waals surface area contributed by atoms with E-state index in [0.29, 0.717) is 21.4 Å². The minimum absolute atomic E-state index is 0.399. The molecule has 20 heavy (non-hydrogen) atoms. The van der Waals surface area contributed by atoms with Crippen LogP contribution in [0.25, 0.3) is 0 Å². The van der Waals surface area contributed by atoms with Crippen LogP contribution in [-0.4, -0.2) is 6.03 Å². The average molecular weight is 310 g/mol. The summed E-state index contributed by atoms with van der Waals surface area (Å²) in [6, 6.07) is 12.1. The SMILES string of the molecule is Cc1cc(Cl)c(NNC(=O)Nc2ccccc2)cc1Cl. The lowest BCUT2D eigenvalue weighted by atomic mass is 10.2. The minimum atomic E-state index is -0.399. The highest BCUT2D eigenvalue weighted by molar-refractivity contribution is 6.35. The second-order valence-electron chi connectivity index (χ2n) is 4.15. The van der Waals surface area contributed by atoms with E-state index in [1.165, 1.54) is 0 Å². The summed E-state index contributed by atoms with van der Waals surface area (Å²) in [6.45, 7) is 1.85. The van der Waals surface area contributed by atoms with Crippen LogP contribution < -0.4 is 16.2 Å². The molecular weight excluding hydrogens is 297 g/mol. The van der Waals surface area contributed by atoms with Crippen LogP contribution in [-0.2, 0) is 0 Å². The second kappa shape index (κ2) is 6.50. The van der Waals surface area contributed by atoms with E-state index in [1.54, 1.807) is 24.3 Å². The van der Waals surface area contributed by atoms with E-state index in [1.807, 2.05) is 25.1 Å². The predicted octanol–water partition coefficient (Wildman–Crippen LogP) is 4.45. The molecule has 0 aliphatic rings. The molecule has 0 aliphatic carbocycles. The van der Waals surface area contributed by atoms with Gasteiger partial charge in [-0.1, -0.05) is 41.4 Å². The first-order chi connectivity index (χ1) is 9.56. The highest BCUT2D eigenvalue weighted by atomic mass is 35.5. The Kier molecular flexibility index (Phi) is 4.71. The Morgan fingerprint density at radius 3 is 2.45 bits per heavy atom. The predicted molar refractivity (Wildman–Crippen MR) is 83.4 cm³/mol. The molecule has 2 amide bonds. The van der Waals surface area contributed by atoms with Gasteiger partial charge in [-0.2, -0.15) is 0 Å². The highest BCUT2D eigenvalue weighted by Crippen LogP contribution is 2.28. The van der Waals surface area contributed by atoms with Crippen LogP contribution in [0.3, 0.4) is 0 Å². The van der Waals surface area contributed by atoms with Crippen molar-refractivity contribution in [3.8, 4) is 0 Å². The summed E-state index contributed by atoms with van der Waals surface area (Å²) in [5.41, 5.74) is 7.31. The Balaban J connectivity index is 1.95. The van der Waals surface area contributed by atoms with Gasteiger partial charge in [0.15, 0.2) is 0 Å². The summed E-state index contributed by atoms with van der Waals surface area (Å²) >= 11 is 12.1. The Morgan fingerprint density at radius 1 is 1.05 bits per heavy atom. The third-order valence-electron chi connectivity index (χ3n) is 2.59. The molecule has 0 unspecified atom stereocenters. The quantitative estimate of drug-likeness (QED) is 0.734. The molecule has 0 heterocycles. The van der Waals surface area contributed by atoms with Gasteiger partial charge in [0.1, 0.15) is 0 Å². The van der Waals surface area contributed by atoms with Gasteiger partial charge in [0, 0.05) is 10.7 Å². The van der Waals surface area contributed by atoms with Gasteiger partial charge in [-0.15, -0.1) is 0 Å². The Labute approximate surface area is 127 Å². The van der Waals surface area contributed by atoms with Gasteiger partial charge < -0.3 is 5.32 Å². The molecule has 104 valence electrons. The summed E-state index contributed by atoms with van der Waals surface area (Å²) in [7, 11) is 0. The lowest BCUT2D eigenvalue weighted by Gasteiger charge is -2.12. The van der Waals surface area contributed by atoms with Crippen LogP contribution >= 0.6 is 23.2 Å². The summed E-state index contributed by atoms with van der Waals surface area (Å²) in [6.07, 6.45) is 0. The molecule has 3 N–H and O–H groups in total. The topological polar surface area (TPSA) is 53.2 Å². The highest BCUT2D eigenvalue weighted by Gasteiger charge is 2.06. The minimum Gasteiger partial charge on any atom is -0.307 e. The molecule has 0 atom stereocenters. The van der Waals surface area contributed by atoms with Crippen LogP contribution in [0.1, 0.15) is 5.56 Å². The van der Waals surface area contributed by atoms with Crippen LogP contribution in [0.5, 0.6) is 0 Å². The standard InChI is InChI=1S/C14H13Cl2N3O/c1-9-7-12(16)13(8-11(9)15)18-19-14(20)17-10-5-3-2-4-6-10/h2-8,18H,1H3,(H2,17,19,20). The van der Waals surface area contributed by atoms with Crippen molar-refractivity contribution in [3.05, 3.63) is 58.1 Å². The zero-order valence-electron chi connectivity index (χ0n) is 10.7. The number of hydrogen-bond donors (Lipinski definition) is 3. The Bertz CT molecular complexity index is 617. The second-order valence-corrected chi connectivity index (χ2v) is 4.97. The van der Waals surface area contributed by atoms with Crippen molar-refractivity contribution in [3.63, 3.8) is 0 Å². The lowest BCUT2D eigenvalue weighted by molar-refractivity contribution is 0.254. The molecule has 6 heteroatoms. The lowest BCUT2D eigenvalue weighted by Crippen LogP contribution is -2.33. The molecule has 2 rings (SSSR count). The number of nitrogens with one attached hydrogen (secondary N) is 3. The van der Waals surface area contributed by atoms with E-state index >= 15 is 0 Å². The Hall–Kier alpha value is -1.91. The molecule has 0 aromatic heterocycles. The molecule has 0 bridgehead atoms. The van der Waals surface area contributed by atoms with Crippen LogP contribution in [0, 0.1) is 6.92 Å². The summed E-state index contributed by atoms with van der Waals surface area (Å²) in [5, 5.41) is 3.72. The summed E-state index contributed by atoms with van der Waals surface area (Å²) in [5.74, 6) is 0. The first-order valence-electron chi connectivity index (χ1n) is 5.90. The van der Waals surface area contributed by atoms with E-state index in [0.717, 1.165) is 5.56 Å². The van der Waals surface area contributed by atoms with E-state index in [2.05, 4.69) is 16.2 Å². The first-order valence-corrected chi connectivity index (χ1v) is 6.65. The van der Waals surface area contributed by atoms with Gasteiger partial charge in [-0.05, 0) is 36.8 Å². The van der Waals surface area contributed by atoms with Gasteiger partial charge in [0.05, 0.1) is 10.7 Å². The number of hydrogen-bond acceptors (Lipinski definition) is 2. The van der Waals surface area contributed by atoms with Gasteiger partial charge in [-0.25, -0.2) is 4.79 Å². The summed E-state index contributed by atoms with van der Waals surface area (Å²) in [4.78, 5) is 11.7. The third kappa shape index (κ3) is 3.79. The molecule has 2 aromatic carbocycles. The van der Waals surface area contributed by atoms with Crippen molar-refractivity contribution in [2.24, 2.45) is 0 Å². The normalized spacial score (nSPS) is 9.95. The molecular formula is C14H13Cl2N3O. The fraction of sp³-hybridized carbons (Fsp3) is 0.0714. The van der Waals surface area contributed by atoms with Crippen molar-refractivity contribution in [2.45, 2.75) is 6.92 Å². The van der Waals surface area contributed by atoms with Crippen molar-refractivity contribution in [1.82, 2.24) is 5.43 Å². The van der Waals surface area contributed by atoms with E-state index in [-0.39, 0.29) is 0 Å². The van der Waals surface area contributed by atoms with Crippen LogP contribution in [0.4, 0.5) is 16.2 Å². The maximum absolute atomic E-state index is 11.7. The van der Waals surface area contributed by atoms with Crippen molar-refractivity contribution in [1.29, 1.82) is 0 Å². The van der Waals surface area contributed by atoms with Gasteiger partial charge in [0.25, 0.3) is 0 Å². The number of carbonyl (C=O) groups is 1. The van der Waals surface area contributed by atoms with Crippen molar-refractivity contribution in [2.75, 3.05) is 10.7 Å². The zero-order chi connectivity index (χ0) is 14.5. The van der Waals surface area contributed by atoms with Gasteiger partial charge >= 0.3 is 6.03 Å². The molecule has 2 aromatic rings. The van der Waals surface area contributed by atoms with Crippen molar-refractivity contribution < 1.29 is 4.79 Å². The van der Waals surface area contributed by atoms with Crippen molar-refractivity contribution >= 4 is 40.6 Å². The fourth-order valence-corrected chi connectivity index (χ4v) is 1.98. The molecule has 0 spiro atoms. The third-order valence-corrected chi connectivity index (χ3v) is 3.31. The van der Waals surface area contributed by atoms with Crippen LogP contribution in [0.15, 0.2) is 42.5 Å². The molecule has 0 saturated heterocycles. The smallest absolute Gasteiger partial charge is 0.307 e. The molecule has 0 saturated carbocycles. The maximum atomic E-state index is 11.7. The number of aryl methyl sites for hydroxylation is 1. The van der Waals surface area contributed by atoms with Gasteiger partial charge in [0.2, 0.25) is 0 Å². The number of carbonyl (C=O) groups excluding carboxylic acids is 1. The Morgan fingerprint density at radius 2 is 1.75 bits per heavy atom. The van der Waals surface area contributed by atoms with E-state index in [9.17, 15) is 4.79 Å². The van der Waals surface area contributed by atoms with Gasteiger partial charge in [-0.3, -0.25) is 10.9 Å². The molecule has 0 aliphatic heterocycles. The number of urea groups is 1. The number of hydrazine groups is 1. The van der Waals surface area contributed by atoms with Crippen LogP contribution in [0.2, 0.25) is 10.0 Å². The average Bonchev–Trinajstić information content (AvgIpc) is 2.42. The number of halogens is 2. The molecule has 4 nitrogen and oxygen atoms in total. The summed E-state index contributed by atoms with van der Waals surface area (Å²) < 4.78 is 0. The monoisotopic (exact) mass is 309 g/mol. The van der Waals surface area contributed by atoms with E-state index < -0.39 is 6.03 Å². The number of anilines is 2. The largest absolute Gasteiger partial charge is 0.337 e. The fourth-order valence-electron chi connectivity index (χ4n) is 1.55. The zero-order valence-corrected chi connectivity index (χ0v) is 12.2. The first kappa shape index (κ1) is 14.5. The number of rotatable bonds is 3. The maximum Gasteiger partial charge on any atom is 0.337 e. The molecule has 0 radical (unpaired) electrons. The number of para-hydroxylation sites is 1. The van der Waals surface area contributed by atoms with E-state index in [4.69, 9.17) is 23.2 Å². The number of benzene rings is 2. The molecule has 0 fully saturated rings.